The predicted octanol–water partition coefficient (Wildman–Crippen LogP) is 6.58. The minimum atomic E-state index is -2.86. The Labute approximate surface area is 285 Å². The van der Waals surface area contributed by atoms with Gasteiger partial charge in [0.25, 0.3) is 5.91 Å². The van der Waals surface area contributed by atoms with Gasteiger partial charge in [0.1, 0.15) is 18.8 Å². The lowest BCUT2D eigenvalue weighted by Gasteiger charge is -2.35. The molecular formula is C33H37ClF3N9O3. The van der Waals surface area contributed by atoms with Crippen molar-refractivity contribution in [3.05, 3.63) is 77.1 Å². The van der Waals surface area contributed by atoms with E-state index >= 15 is 4.39 Å². The molecule has 0 bridgehead atoms. The number of hydrogen-bond acceptors (Lipinski definition) is 8. The van der Waals surface area contributed by atoms with Crippen LogP contribution in [0.5, 0.6) is 0 Å². The zero-order valence-corrected chi connectivity index (χ0v) is 28.5. The fourth-order valence-corrected chi connectivity index (χ4v) is 5.97. The lowest BCUT2D eigenvalue weighted by Crippen LogP contribution is -2.48. The maximum Gasteiger partial charge on any atom is 0.407 e. The number of H-pyrrole nitrogens is 1. The van der Waals surface area contributed by atoms with E-state index in [1.54, 1.807) is 39.0 Å². The summed E-state index contributed by atoms with van der Waals surface area (Å²) in [6, 6.07) is 7.94. The van der Waals surface area contributed by atoms with E-state index in [4.69, 9.17) is 22.1 Å². The molecule has 2 aromatic heterocycles. The number of hydrogen-bond donors (Lipinski definition) is 3. The smallest absolute Gasteiger partial charge is 0.407 e. The number of carbonyl (C=O) groups is 2. The van der Waals surface area contributed by atoms with E-state index in [1.165, 1.54) is 29.6 Å². The van der Waals surface area contributed by atoms with E-state index in [1.807, 2.05) is 20.8 Å². The highest BCUT2D eigenvalue weighted by Gasteiger charge is 2.54. The normalized spacial score (nSPS) is 17.4. The van der Waals surface area contributed by atoms with Crippen LogP contribution in [0.3, 0.4) is 0 Å². The molecular weight excluding hydrogens is 663 g/mol. The van der Waals surface area contributed by atoms with Crippen molar-refractivity contribution in [1.29, 1.82) is 0 Å². The lowest BCUT2D eigenvalue weighted by molar-refractivity contribution is -0.135. The van der Waals surface area contributed by atoms with Gasteiger partial charge in [-0.1, -0.05) is 50.6 Å². The van der Waals surface area contributed by atoms with Gasteiger partial charge in [0.05, 0.1) is 17.3 Å². The van der Waals surface area contributed by atoms with Crippen molar-refractivity contribution >= 4 is 29.6 Å². The largest absolute Gasteiger partial charge is 0.447 e. The Kier molecular flexibility index (Phi) is 9.52. The van der Waals surface area contributed by atoms with Crippen LogP contribution in [0.2, 0.25) is 5.02 Å². The maximum atomic E-state index is 16.2. The summed E-state index contributed by atoms with van der Waals surface area (Å²) >= 11 is 6.50. The first-order chi connectivity index (χ1) is 22.9. The minimum Gasteiger partial charge on any atom is -0.447 e. The van der Waals surface area contributed by atoms with Crippen LogP contribution < -0.4 is 11.1 Å². The Morgan fingerprint density at radius 2 is 1.86 bits per heavy atom. The molecule has 1 aliphatic rings. The summed E-state index contributed by atoms with van der Waals surface area (Å²) in [4.78, 5) is 37.7. The van der Waals surface area contributed by atoms with Crippen molar-refractivity contribution < 1.29 is 27.5 Å². The van der Waals surface area contributed by atoms with Crippen molar-refractivity contribution in [2.75, 3.05) is 6.61 Å². The van der Waals surface area contributed by atoms with E-state index in [9.17, 15) is 18.4 Å². The van der Waals surface area contributed by atoms with Crippen LogP contribution >= 0.6 is 11.6 Å². The van der Waals surface area contributed by atoms with Crippen LogP contribution in [0.4, 0.5) is 18.0 Å². The molecule has 12 nitrogen and oxygen atoms in total. The van der Waals surface area contributed by atoms with E-state index in [0.717, 1.165) is 12.3 Å². The Hall–Kier alpha value is -4.92. The van der Waals surface area contributed by atoms with E-state index in [-0.39, 0.29) is 35.7 Å². The van der Waals surface area contributed by atoms with Gasteiger partial charge in [0.2, 0.25) is 0 Å². The molecule has 1 aliphatic heterocycles. The summed E-state index contributed by atoms with van der Waals surface area (Å²) in [6.07, 6.45) is 2.92. The number of ether oxygens (including phenoxy) is 1. The number of nitrogens with zero attached hydrogens (tertiary/aromatic N) is 6. The third-order valence-electron chi connectivity index (χ3n) is 7.67. The first kappa shape index (κ1) is 35.4. The summed E-state index contributed by atoms with van der Waals surface area (Å²) < 4.78 is 48.6. The molecule has 0 spiro atoms. The molecule has 16 heteroatoms. The van der Waals surface area contributed by atoms with Crippen LogP contribution in [0.15, 0.2) is 60.1 Å². The second kappa shape index (κ2) is 13.2. The van der Waals surface area contributed by atoms with Gasteiger partial charge < -0.3 is 15.8 Å². The highest BCUT2D eigenvalue weighted by atomic mass is 35.5. The highest BCUT2D eigenvalue weighted by molar-refractivity contribution is 6.33. The molecule has 0 saturated carbocycles. The fourth-order valence-electron chi connectivity index (χ4n) is 5.76. The third kappa shape index (κ3) is 7.56. The molecule has 5 rings (SSSR count). The van der Waals surface area contributed by atoms with Crippen LogP contribution in [-0.4, -0.2) is 60.0 Å². The van der Waals surface area contributed by atoms with Crippen molar-refractivity contribution in [3.63, 3.8) is 0 Å². The summed E-state index contributed by atoms with van der Waals surface area (Å²) in [5.41, 5.74) is 4.93. The van der Waals surface area contributed by atoms with E-state index < -0.39 is 46.9 Å². The molecule has 0 aliphatic carbocycles. The van der Waals surface area contributed by atoms with Crippen molar-refractivity contribution in [2.24, 2.45) is 16.1 Å². The number of amides is 2. The van der Waals surface area contributed by atoms with Gasteiger partial charge in [-0.3, -0.25) is 14.8 Å². The maximum absolute atomic E-state index is 16.2. The Morgan fingerprint density at radius 1 is 1.12 bits per heavy atom. The average molecular weight is 700 g/mol. The molecule has 0 unspecified atom stereocenters. The number of aromatic amines is 1. The summed E-state index contributed by atoms with van der Waals surface area (Å²) in [5.74, 6) is -1.32. The minimum absolute atomic E-state index is 0.0393. The van der Waals surface area contributed by atoms with E-state index in [0.29, 0.717) is 26.7 Å². The Morgan fingerprint density at radius 3 is 2.45 bits per heavy atom. The standard InChI is InChI=1S/C33H37ClF3N9O3/c1-31(2,3)16-33(22-9-7-18(12-24(22)35)20-13-41-45(14-20)28(36)37)27(47)46(29(38)42-33)25(15-49-30(48)43-32(4,5)6)19-8-10-23(34)21(11-19)26-39-17-40-44-26/h7-14,17,25,28H,15-16H2,1-6H3,(H2,38,42)(H,43,48)(H,39,40,44)/t25-,33-/m1/s1. The van der Waals surface area contributed by atoms with Gasteiger partial charge in [-0.15, -0.1) is 0 Å². The number of guanidine groups is 1. The van der Waals surface area contributed by atoms with Gasteiger partial charge in [-0.05, 0) is 61.9 Å². The van der Waals surface area contributed by atoms with Crippen molar-refractivity contribution in [2.45, 2.75) is 71.6 Å². The summed E-state index contributed by atoms with van der Waals surface area (Å²) in [7, 11) is 0. The SMILES string of the molecule is CC(C)(C)C[C@]1(c2ccc(-c3cnn(C(F)F)c3)cc2F)N=C(N)N([C@H](COC(=O)NC(C)(C)C)c2ccc(Cl)c(-c3ncn[nH]3)c2)C1=O. The van der Waals surface area contributed by atoms with Crippen LogP contribution in [0.25, 0.3) is 22.5 Å². The number of aromatic nitrogens is 5. The number of aliphatic imine (C=N–C) groups is 1. The molecule has 2 atom stereocenters. The Balaban J connectivity index is 1.59. The number of rotatable bonds is 9. The predicted molar refractivity (Wildman–Crippen MR) is 177 cm³/mol. The van der Waals surface area contributed by atoms with Gasteiger partial charge in [0.15, 0.2) is 17.3 Å². The summed E-state index contributed by atoms with van der Waals surface area (Å²) in [5, 5.41) is 13.3. The number of benzene rings is 2. The second-order valence-corrected chi connectivity index (χ2v) is 14.4. The van der Waals surface area contributed by atoms with Crippen molar-refractivity contribution in [1.82, 2.24) is 35.2 Å². The topological polar surface area (TPSA) is 156 Å². The monoisotopic (exact) mass is 699 g/mol. The number of alkyl halides is 2. The number of carbonyl (C=O) groups excluding carboxylic acids is 2. The number of nitrogens with two attached hydrogens (primary N) is 1. The Bertz CT molecular complexity index is 1880. The van der Waals surface area contributed by atoms with Crippen LogP contribution in [-0.2, 0) is 15.1 Å². The van der Waals surface area contributed by atoms with Gasteiger partial charge >= 0.3 is 12.6 Å². The third-order valence-corrected chi connectivity index (χ3v) is 8.00. The summed E-state index contributed by atoms with van der Waals surface area (Å²) in [6.45, 7) is 7.77. The number of halogens is 4. The molecule has 4 aromatic rings. The zero-order valence-electron chi connectivity index (χ0n) is 27.8. The average Bonchev–Trinajstić information content (AvgIpc) is 3.74. The second-order valence-electron chi connectivity index (χ2n) is 14.0. The molecule has 3 heterocycles. The number of alkyl carbamates (subject to hydrolysis) is 1. The molecule has 260 valence electrons. The van der Waals surface area contributed by atoms with Crippen LogP contribution in [0.1, 0.15) is 71.7 Å². The quantitative estimate of drug-likeness (QED) is 0.178. The van der Waals surface area contributed by atoms with Gasteiger partial charge in [0, 0.05) is 28.4 Å². The first-order valence-corrected chi connectivity index (χ1v) is 15.7. The van der Waals surface area contributed by atoms with E-state index in [2.05, 4.69) is 30.6 Å². The molecule has 0 saturated heterocycles. The molecule has 49 heavy (non-hydrogen) atoms. The molecule has 2 amide bonds. The highest BCUT2D eigenvalue weighted by Crippen LogP contribution is 2.46. The zero-order chi connectivity index (χ0) is 35.9. The number of nitrogens with one attached hydrogen (secondary N) is 2. The first-order valence-electron chi connectivity index (χ1n) is 15.3. The fraction of sp³-hybridized carbons (Fsp3) is 0.394. The molecule has 2 aromatic carbocycles. The molecule has 0 fully saturated rings. The van der Waals surface area contributed by atoms with Crippen molar-refractivity contribution in [3.8, 4) is 22.5 Å². The lowest BCUT2D eigenvalue weighted by atomic mass is 9.75. The molecule has 0 radical (unpaired) electrons. The van der Waals surface area contributed by atoms with Gasteiger partial charge in [-0.2, -0.15) is 19.0 Å². The van der Waals surface area contributed by atoms with Gasteiger partial charge in [-0.25, -0.2) is 23.8 Å². The molecule has 4 N–H and O–H groups in total. The van der Waals surface area contributed by atoms with Crippen LogP contribution in [0, 0.1) is 11.2 Å².